The van der Waals surface area contributed by atoms with E-state index >= 15 is 0 Å². The van der Waals surface area contributed by atoms with E-state index in [9.17, 15) is 14.7 Å². The average molecular weight is 330 g/mol. The Kier molecular flexibility index (Phi) is 3.61. The lowest BCUT2D eigenvalue weighted by Gasteiger charge is -2.47. The third-order valence-electron chi connectivity index (χ3n) is 5.74. The Labute approximate surface area is 141 Å². The monoisotopic (exact) mass is 330 g/mol. The number of aliphatic hydroxyl groups is 1. The molecule has 0 aromatic heterocycles. The van der Waals surface area contributed by atoms with E-state index in [-0.39, 0.29) is 0 Å². The molecule has 0 fully saturated rings. The highest BCUT2D eigenvalue weighted by Gasteiger charge is 2.69. The van der Waals surface area contributed by atoms with Gasteiger partial charge in [0.1, 0.15) is 0 Å². The van der Waals surface area contributed by atoms with Crippen LogP contribution >= 0.6 is 0 Å². The molecule has 0 aliphatic heterocycles. The van der Waals surface area contributed by atoms with E-state index < -0.39 is 34.3 Å². The summed E-state index contributed by atoms with van der Waals surface area (Å²) < 4.78 is 9.93. The van der Waals surface area contributed by atoms with Crippen molar-refractivity contribution in [3.8, 4) is 0 Å². The van der Waals surface area contributed by atoms with Crippen molar-refractivity contribution in [2.24, 2.45) is 11.3 Å². The lowest BCUT2D eigenvalue weighted by atomic mass is 9.55. The summed E-state index contributed by atoms with van der Waals surface area (Å²) in [5.41, 5.74) is -2.28. The van der Waals surface area contributed by atoms with E-state index in [0.29, 0.717) is 12.0 Å². The van der Waals surface area contributed by atoms with Gasteiger partial charge >= 0.3 is 11.9 Å². The zero-order valence-electron chi connectivity index (χ0n) is 14.3. The van der Waals surface area contributed by atoms with Gasteiger partial charge < -0.3 is 14.6 Å². The molecule has 0 amide bonds. The van der Waals surface area contributed by atoms with Gasteiger partial charge in [0, 0.05) is 11.3 Å². The molecule has 0 saturated carbocycles. The van der Waals surface area contributed by atoms with E-state index in [1.807, 2.05) is 25.1 Å². The van der Waals surface area contributed by atoms with E-state index in [2.05, 4.69) is 0 Å². The second-order valence-corrected chi connectivity index (χ2v) is 7.03. The summed E-state index contributed by atoms with van der Waals surface area (Å²) in [6.45, 7) is 3.68. The third-order valence-corrected chi connectivity index (χ3v) is 5.74. The van der Waals surface area contributed by atoms with E-state index in [1.165, 1.54) is 14.2 Å². The number of methoxy groups -OCH3 is 2. The molecule has 0 bridgehead atoms. The predicted octanol–water partition coefficient (Wildman–Crippen LogP) is 2.07. The topological polar surface area (TPSA) is 72.8 Å². The molecule has 2 aliphatic carbocycles. The predicted molar refractivity (Wildman–Crippen MR) is 87.1 cm³/mol. The summed E-state index contributed by atoms with van der Waals surface area (Å²) >= 11 is 0. The number of hydrogen-bond donors (Lipinski definition) is 1. The van der Waals surface area contributed by atoms with Crippen molar-refractivity contribution in [3.63, 3.8) is 0 Å². The van der Waals surface area contributed by atoms with Gasteiger partial charge in [0.2, 0.25) is 0 Å². The quantitative estimate of drug-likeness (QED) is 0.664. The van der Waals surface area contributed by atoms with Gasteiger partial charge in [0.25, 0.3) is 0 Å². The van der Waals surface area contributed by atoms with Crippen molar-refractivity contribution >= 4 is 11.9 Å². The zero-order valence-corrected chi connectivity index (χ0v) is 14.3. The molecule has 1 N–H and O–H groups in total. The first kappa shape index (κ1) is 16.7. The Morgan fingerprint density at radius 1 is 1.08 bits per heavy atom. The number of ether oxygens (including phenoxy) is 2. The number of benzene rings is 1. The Morgan fingerprint density at radius 2 is 1.67 bits per heavy atom. The van der Waals surface area contributed by atoms with Crippen LogP contribution in [0.1, 0.15) is 31.4 Å². The minimum absolute atomic E-state index is 0.482. The number of hydrogen-bond acceptors (Lipinski definition) is 5. The summed E-state index contributed by atoms with van der Waals surface area (Å²) in [6, 6.07) is 7.28. The Bertz CT molecular complexity index is 739. The van der Waals surface area contributed by atoms with Gasteiger partial charge in [-0.1, -0.05) is 43.3 Å². The lowest BCUT2D eigenvalue weighted by molar-refractivity contribution is -0.185. The second-order valence-electron chi connectivity index (χ2n) is 7.03. The van der Waals surface area contributed by atoms with Crippen LogP contribution in [0.3, 0.4) is 0 Å². The number of esters is 2. The highest BCUT2D eigenvalue weighted by atomic mass is 16.5. The molecule has 1 aromatic rings. The van der Waals surface area contributed by atoms with Crippen molar-refractivity contribution in [2.75, 3.05) is 14.2 Å². The van der Waals surface area contributed by atoms with Gasteiger partial charge in [-0.25, -0.2) is 4.79 Å². The normalized spacial score (nSPS) is 36.6. The van der Waals surface area contributed by atoms with Crippen molar-refractivity contribution in [1.29, 1.82) is 0 Å². The molecular weight excluding hydrogens is 308 g/mol. The SMILES string of the molecule is COC(=O)[C@]1(C)C=CCC2(C)c3ccccc3[C@](O)(C(=O)OC)[C@H]21. The molecule has 0 spiro atoms. The maximum atomic E-state index is 12.6. The maximum absolute atomic E-state index is 12.6. The van der Waals surface area contributed by atoms with Crippen LogP contribution in [0.15, 0.2) is 36.4 Å². The smallest absolute Gasteiger partial charge is 0.342 e. The Hall–Kier alpha value is -2.14. The van der Waals surface area contributed by atoms with Crippen molar-refractivity contribution in [1.82, 2.24) is 0 Å². The van der Waals surface area contributed by atoms with Crippen LogP contribution in [0.4, 0.5) is 0 Å². The molecule has 0 radical (unpaired) electrons. The second kappa shape index (κ2) is 5.18. The van der Waals surface area contributed by atoms with Crippen LogP contribution in [0, 0.1) is 11.3 Å². The third kappa shape index (κ3) is 1.79. The summed E-state index contributed by atoms with van der Waals surface area (Å²) in [4.78, 5) is 25.2. The molecular formula is C19H22O5. The van der Waals surface area contributed by atoms with Crippen LogP contribution in [0.5, 0.6) is 0 Å². The molecule has 4 atom stereocenters. The summed E-state index contributed by atoms with van der Waals surface area (Å²) in [5, 5.41) is 11.5. The summed E-state index contributed by atoms with van der Waals surface area (Å²) in [5.74, 6) is -1.96. The first-order chi connectivity index (χ1) is 11.3. The molecule has 128 valence electrons. The van der Waals surface area contributed by atoms with E-state index in [4.69, 9.17) is 9.47 Å². The number of allylic oxidation sites excluding steroid dienone is 1. The standard InChI is InChI=1S/C19H22O5/c1-17-10-7-11-18(2,15(20)23-3)14(17)19(22,16(21)24-4)13-9-6-5-8-12(13)17/h5-9,11,14,22H,10H2,1-4H3/t14-,17?,18-,19-/m1/s1. The minimum Gasteiger partial charge on any atom is -0.468 e. The lowest BCUT2D eigenvalue weighted by Crippen LogP contribution is -2.56. The van der Waals surface area contributed by atoms with Crippen molar-refractivity contribution < 1.29 is 24.2 Å². The van der Waals surface area contributed by atoms with E-state index in [0.717, 1.165) is 5.56 Å². The number of carbonyl (C=O) groups is 2. The van der Waals surface area contributed by atoms with Crippen LogP contribution in [-0.4, -0.2) is 31.3 Å². The van der Waals surface area contributed by atoms with Gasteiger partial charge in [-0.3, -0.25) is 4.79 Å². The van der Waals surface area contributed by atoms with Gasteiger partial charge in [-0.15, -0.1) is 0 Å². The minimum atomic E-state index is -1.91. The zero-order chi connectivity index (χ0) is 17.8. The largest absolute Gasteiger partial charge is 0.468 e. The molecule has 0 heterocycles. The molecule has 3 rings (SSSR count). The average Bonchev–Trinajstić information content (AvgIpc) is 2.80. The number of rotatable bonds is 2. The molecule has 24 heavy (non-hydrogen) atoms. The van der Waals surface area contributed by atoms with Crippen LogP contribution in [-0.2, 0) is 30.1 Å². The molecule has 2 aliphatic rings. The molecule has 1 aromatic carbocycles. The van der Waals surface area contributed by atoms with Crippen LogP contribution < -0.4 is 0 Å². The first-order valence-corrected chi connectivity index (χ1v) is 7.93. The molecule has 5 heteroatoms. The van der Waals surface area contributed by atoms with Gasteiger partial charge in [0.05, 0.1) is 19.6 Å². The van der Waals surface area contributed by atoms with Crippen LogP contribution in [0.2, 0.25) is 0 Å². The number of fused-ring (bicyclic) bond motifs is 3. The van der Waals surface area contributed by atoms with Crippen molar-refractivity contribution in [2.45, 2.75) is 31.3 Å². The van der Waals surface area contributed by atoms with Crippen molar-refractivity contribution in [3.05, 3.63) is 47.5 Å². The van der Waals surface area contributed by atoms with Gasteiger partial charge in [-0.05, 0) is 24.5 Å². The highest BCUT2D eigenvalue weighted by molar-refractivity contribution is 5.88. The van der Waals surface area contributed by atoms with Crippen LogP contribution in [0.25, 0.3) is 0 Å². The summed E-state index contributed by atoms with van der Waals surface area (Å²) in [7, 11) is 2.55. The van der Waals surface area contributed by atoms with Gasteiger partial charge in [0.15, 0.2) is 5.60 Å². The fourth-order valence-corrected chi connectivity index (χ4v) is 4.84. The first-order valence-electron chi connectivity index (χ1n) is 7.93. The Balaban J connectivity index is 2.34. The fraction of sp³-hybridized carbons (Fsp3) is 0.474. The fourth-order valence-electron chi connectivity index (χ4n) is 4.84. The Morgan fingerprint density at radius 3 is 2.25 bits per heavy atom. The van der Waals surface area contributed by atoms with E-state index in [1.54, 1.807) is 25.1 Å². The van der Waals surface area contributed by atoms with Gasteiger partial charge in [-0.2, -0.15) is 0 Å². The highest BCUT2D eigenvalue weighted by Crippen LogP contribution is 2.63. The maximum Gasteiger partial charge on any atom is 0.342 e. The molecule has 0 saturated heterocycles. The number of carbonyl (C=O) groups excluding carboxylic acids is 2. The molecule has 1 unspecified atom stereocenters. The molecule has 5 nitrogen and oxygen atoms in total. The summed E-state index contributed by atoms with van der Waals surface area (Å²) in [6.07, 6.45) is 4.28.